The van der Waals surface area contributed by atoms with Crippen LogP contribution in [0.2, 0.25) is 0 Å². The molecule has 0 radical (unpaired) electrons. The molecule has 4 rings (SSSR count). The van der Waals surface area contributed by atoms with Gasteiger partial charge in [0.2, 0.25) is 0 Å². The number of aromatic nitrogens is 2. The molecule has 3 nitrogen and oxygen atoms in total. The maximum absolute atomic E-state index is 4.80. The summed E-state index contributed by atoms with van der Waals surface area (Å²) >= 11 is 0. The summed E-state index contributed by atoms with van der Waals surface area (Å²) in [6.07, 6.45) is 15.0. The second-order valence-corrected chi connectivity index (χ2v) is 7.64. The minimum Gasteiger partial charge on any atom is -0.311 e. The van der Waals surface area contributed by atoms with Crippen molar-refractivity contribution in [1.29, 1.82) is 0 Å². The highest BCUT2D eigenvalue weighted by Crippen LogP contribution is 2.47. The third-order valence-corrected chi connectivity index (χ3v) is 6.21. The minimum atomic E-state index is 0.665. The smallest absolute Gasteiger partial charge is 0.0762 e. The average molecular weight is 287 g/mol. The molecule has 116 valence electrons. The molecule has 0 aliphatic heterocycles. The van der Waals surface area contributed by atoms with Gasteiger partial charge in [-0.2, -0.15) is 5.10 Å². The van der Waals surface area contributed by atoms with E-state index in [9.17, 15) is 0 Å². The Morgan fingerprint density at radius 3 is 2.76 bits per heavy atom. The van der Waals surface area contributed by atoms with Crippen molar-refractivity contribution in [3.05, 3.63) is 18.0 Å². The van der Waals surface area contributed by atoms with E-state index in [0.29, 0.717) is 6.04 Å². The summed E-state index contributed by atoms with van der Waals surface area (Å²) in [5, 5.41) is 8.47. The first kappa shape index (κ1) is 13.8. The molecule has 1 heterocycles. The van der Waals surface area contributed by atoms with Gasteiger partial charge in [0.05, 0.1) is 11.7 Å². The zero-order valence-electron chi connectivity index (χ0n) is 13.1. The van der Waals surface area contributed by atoms with Crippen molar-refractivity contribution in [2.75, 3.05) is 6.54 Å². The molecule has 2 bridgehead atoms. The van der Waals surface area contributed by atoms with Gasteiger partial charge in [-0.25, -0.2) is 0 Å². The molecule has 0 saturated heterocycles. The number of nitrogens with one attached hydrogen (secondary N) is 1. The third kappa shape index (κ3) is 3.03. The summed E-state index contributed by atoms with van der Waals surface area (Å²) in [7, 11) is 0. The number of nitrogens with zero attached hydrogens (tertiary/aromatic N) is 2. The molecule has 3 aliphatic carbocycles. The Bertz CT molecular complexity index is 461. The number of hydrogen-bond donors (Lipinski definition) is 1. The van der Waals surface area contributed by atoms with E-state index in [0.717, 1.165) is 24.3 Å². The molecule has 1 aromatic heterocycles. The van der Waals surface area contributed by atoms with Crippen LogP contribution in [0.3, 0.4) is 0 Å². The Kier molecular flexibility index (Phi) is 4.02. The Balaban J connectivity index is 1.25. The molecule has 3 unspecified atom stereocenters. The first-order valence-corrected chi connectivity index (χ1v) is 9.13. The molecule has 0 amide bonds. The van der Waals surface area contributed by atoms with Crippen molar-refractivity contribution in [2.45, 2.75) is 70.4 Å². The molecule has 1 N–H and O–H groups in total. The van der Waals surface area contributed by atoms with Gasteiger partial charge < -0.3 is 5.32 Å². The molecule has 3 saturated carbocycles. The Hall–Kier alpha value is -0.830. The highest BCUT2D eigenvalue weighted by Gasteiger charge is 2.38. The molecular weight excluding hydrogens is 258 g/mol. The van der Waals surface area contributed by atoms with Gasteiger partial charge in [-0.3, -0.25) is 4.68 Å². The number of hydrogen-bond acceptors (Lipinski definition) is 2. The van der Waals surface area contributed by atoms with Crippen LogP contribution in [0.1, 0.15) is 69.5 Å². The van der Waals surface area contributed by atoms with Crippen LogP contribution in [0, 0.1) is 17.8 Å². The Morgan fingerprint density at radius 1 is 1.10 bits per heavy atom. The van der Waals surface area contributed by atoms with Gasteiger partial charge in [-0.15, -0.1) is 0 Å². The van der Waals surface area contributed by atoms with Crippen molar-refractivity contribution >= 4 is 0 Å². The Morgan fingerprint density at radius 2 is 2.00 bits per heavy atom. The highest BCUT2D eigenvalue weighted by molar-refractivity contribution is 5.00. The lowest BCUT2D eigenvalue weighted by Gasteiger charge is -2.22. The summed E-state index contributed by atoms with van der Waals surface area (Å²) < 4.78 is 2.23. The minimum absolute atomic E-state index is 0.665. The van der Waals surface area contributed by atoms with Gasteiger partial charge in [0.15, 0.2) is 0 Å². The largest absolute Gasteiger partial charge is 0.311 e. The first-order chi connectivity index (χ1) is 10.4. The van der Waals surface area contributed by atoms with Crippen molar-refractivity contribution in [3.63, 3.8) is 0 Å². The fourth-order valence-electron chi connectivity index (χ4n) is 5.03. The van der Waals surface area contributed by atoms with Gasteiger partial charge in [0.25, 0.3) is 0 Å². The van der Waals surface area contributed by atoms with Gasteiger partial charge in [0, 0.05) is 12.7 Å². The topological polar surface area (TPSA) is 29.9 Å². The van der Waals surface area contributed by atoms with E-state index in [-0.39, 0.29) is 0 Å². The lowest BCUT2D eigenvalue weighted by molar-refractivity contribution is 0.315. The van der Waals surface area contributed by atoms with E-state index in [1.807, 2.05) is 0 Å². The van der Waals surface area contributed by atoms with Crippen LogP contribution in [0.25, 0.3) is 0 Å². The standard InChI is InChI=1S/C18H29N3/c1-2-4-18(5-3-1)21-9-8-17(20-21)13-19-12-16-11-14-6-7-15(16)10-14/h8-9,14-16,18-19H,1-7,10-13H2. The lowest BCUT2D eigenvalue weighted by atomic mass is 9.89. The van der Waals surface area contributed by atoms with Crippen LogP contribution in [0.5, 0.6) is 0 Å². The second-order valence-electron chi connectivity index (χ2n) is 7.64. The summed E-state index contributed by atoms with van der Waals surface area (Å²) in [6, 6.07) is 2.88. The first-order valence-electron chi connectivity index (χ1n) is 9.13. The van der Waals surface area contributed by atoms with Crippen molar-refractivity contribution < 1.29 is 0 Å². The van der Waals surface area contributed by atoms with Gasteiger partial charge in [-0.05, 0) is 62.5 Å². The average Bonchev–Trinajstić information content (AvgIpc) is 3.24. The third-order valence-electron chi connectivity index (χ3n) is 6.21. The van der Waals surface area contributed by atoms with E-state index >= 15 is 0 Å². The summed E-state index contributed by atoms with van der Waals surface area (Å²) in [4.78, 5) is 0. The van der Waals surface area contributed by atoms with Crippen LogP contribution in [-0.4, -0.2) is 16.3 Å². The van der Waals surface area contributed by atoms with Crippen LogP contribution in [-0.2, 0) is 6.54 Å². The van der Waals surface area contributed by atoms with E-state index in [1.54, 1.807) is 0 Å². The highest BCUT2D eigenvalue weighted by atomic mass is 15.3. The summed E-state index contributed by atoms with van der Waals surface area (Å²) in [6.45, 7) is 2.16. The van der Waals surface area contributed by atoms with E-state index < -0.39 is 0 Å². The zero-order valence-corrected chi connectivity index (χ0v) is 13.1. The molecule has 3 fully saturated rings. The summed E-state index contributed by atoms with van der Waals surface area (Å²) in [5.74, 6) is 3.04. The molecule has 0 spiro atoms. The molecule has 21 heavy (non-hydrogen) atoms. The molecule has 1 aromatic rings. The fraction of sp³-hybridized carbons (Fsp3) is 0.833. The van der Waals surface area contributed by atoms with Gasteiger partial charge in [0.1, 0.15) is 0 Å². The zero-order chi connectivity index (χ0) is 14.1. The fourth-order valence-corrected chi connectivity index (χ4v) is 5.03. The number of rotatable bonds is 5. The number of fused-ring (bicyclic) bond motifs is 2. The quantitative estimate of drug-likeness (QED) is 0.889. The van der Waals surface area contributed by atoms with Crippen molar-refractivity contribution in [3.8, 4) is 0 Å². The monoisotopic (exact) mass is 287 g/mol. The second kappa shape index (κ2) is 6.12. The SMILES string of the molecule is c1cn(C2CCCCC2)nc1CNCC1CC2CCC1C2. The molecule has 0 aromatic carbocycles. The van der Waals surface area contributed by atoms with Crippen LogP contribution in [0.4, 0.5) is 0 Å². The predicted octanol–water partition coefficient (Wildman–Crippen LogP) is 3.91. The predicted molar refractivity (Wildman–Crippen MR) is 85.0 cm³/mol. The van der Waals surface area contributed by atoms with Crippen LogP contribution in [0.15, 0.2) is 12.3 Å². The van der Waals surface area contributed by atoms with E-state index in [1.165, 1.54) is 70.0 Å². The molecule has 3 atom stereocenters. The maximum atomic E-state index is 4.80. The normalized spacial score (nSPS) is 32.9. The van der Waals surface area contributed by atoms with Crippen molar-refractivity contribution in [1.82, 2.24) is 15.1 Å². The summed E-state index contributed by atoms with van der Waals surface area (Å²) in [5.41, 5.74) is 1.23. The molecule has 3 aliphatic rings. The van der Waals surface area contributed by atoms with E-state index in [4.69, 9.17) is 5.10 Å². The van der Waals surface area contributed by atoms with Crippen LogP contribution >= 0.6 is 0 Å². The Labute approximate surface area is 128 Å². The van der Waals surface area contributed by atoms with Crippen molar-refractivity contribution in [2.24, 2.45) is 17.8 Å². The lowest BCUT2D eigenvalue weighted by Crippen LogP contribution is -2.26. The van der Waals surface area contributed by atoms with Gasteiger partial charge in [-0.1, -0.05) is 25.7 Å². The molecule has 3 heteroatoms. The molecular formula is C18H29N3. The van der Waals surface area contributed by atoms with E-state index in [2.05, 4.69) is 22.3 Å². The maximum Gasteiger partial charge on any atom is 0.0762 e. The van der Waals surface area contributed by atoms with Crippen LogP contribution < -0.4 is 5.32 Å². The van der Waals surface area contributed by atoms with Gasteiger partial charge >= 0.3 is 0 Å².